The lowest BCUT2D eigenvalue weighted by atomic mass is 10.0. The second kappa shape index (κ2) is 6.06. The highest BCUT2D eigenvalue weighted by Crippen LogP contribution is 2.17. The Morgan fingerprint density at radius 3 is 2.79 bits per heavy atom. The van der Waals surface area contributed by atoms with Gasteiger partial charge in [-0.25, -0.2) is 0 Å². The van der Waals surface area contributed by atoms with Crippen molar-refractivity contribution in [3.8, 4) is 0 Å². The minimum Gasteiger partial charge on any atom is -0.380 e. The van der Waals surface area contributed by atoms with Crippen molar-refractivity contribution < 1.29 is 4.79 Å². The minimum absolute atomic E-state index is 0.132. The first-order valence-corrected chi connectivity index (χ1v) is 6.86. The molecule has 2 heterocycles. The van der Waals surface area contributed by atoms with Crippen molar-refractivity contribution in [2.24, 2.45) is 5.73 Å². The summed E-state index contributed by atoms with van der Waals surface area (Å²) in [6, 6.07) is 1.11. The fourth-order valence-electron chi connectivity index (χ4n) is 2.48. The largest absolute Gasteiger partial charge is 0.380 e. The van der Waals surface area contributed by atoms with Gasteiger partial charge in [-0.1, -0.05) is 0 Å². The van der Waals surface area contributed by atoms with Crippen LogP contribution < -0.4 is 11.1 Å². The Bertz CT molecular complexity index is 420. The number of anilines is 1. The van der Waals surface area contributed by atoms with Crippen LogP contribution in [0.4, 0.5) is 5.69 Å². The molecule has 19 heavy (non-hydrogen) atoms. The number of primary amides is 1. The van der Waals surface area contributed by atoms with Crippen molar-refractivity contribution in [3.05, 3.63) is 12.4 Å². The molecule has 1 amide bonds. The zero-order chi connectivity index (χ0) is 13.8. The van der Waals surface area contributed by atoms with Gasteiger partial charge in [-0.05, 0) is 26.7 Å². The number of carbonyl (C=O) groups excluding carboxylic acids is 1. The van der Waals surface area contributed by atoms with E-state index in [-0.39, 0.29) is 12.5 Å². The van der Waals surface area contributed by atoms with Crippen LogP contribution in [0.25, 0.3) is 0 Å². The average molecular weight is 265 g/mol. The van der Waals surface area contributed by atoms with E-state index >= 15 is 0 Å². The molecule has 106 valence electrons. The van der Waals surface area contributed by atoms with Crippen LogP contribution in [-0.4, -0.2) is 45.8 Å². The maximum Gasteiger partial charge on any atom is 0.239 e. The van der Waals surface area contributed by atoms with Gasteiger partial charge in [0, 0.05) is 31.4 Å². The molecule has 0 radical (unpaired) electrons. The molecule has 3 N–H and O–H groups in total. The smallest absolute Gasteiger partial charge is 0.239 e. The van der Waals surface area contributed by atoms with Crippen LogP contribution >= 0.6 is 0 Å². The van der Waals surface area contributed by atoms with Crippen molar-refractivity contribution in [2.75, 3.05) is 18.4 Å². The van der Waals surface area contributed by atoms with Gasteiger partial charge in [0.25, 0.3) is 0 Å². The van der Waals surface area contributed by atoms with Gasteiger partial charge in [-0.15, -0.1) is 0 Å². The predicted octanol–water partition coefficient (Wildman–Crippen LogP) is 0.653. The molecule has 6 nitrogen and oxygen atoms in total. The Morgan fingerprint density at radius 2 is 2.21 bits per heavy atom. The number of hydrogen-bond acceptors (Lipinski definition) is 4. The van der Waals surface area contributed by atoms with Crippen molar-refractivity contribution >= 4 is 11.6 Å². The van der Waals surface area contributed by atoms with Gasteiger partial charge in [0.15, 0.2) is 0 Å². The number of hydrogen-bond donors (Lipinski definition) is 2. The number of nitrogens with zero attached hydrogens (tertiary/aromatic N) is 3. The first-order chi connectivity index (χ1) is 9.04. The molecule has 0 spiro atoms. The second-order valence-corrected chi connectivity index (χ2v) is 5.44. The minimum atomic E-state index is -0.375. The summed E-state index contributed by atoms with van der Waals surface area (Å²) in [6.45, 7) is 6.87. The molecule has 0 saturated carbocycles. The van der Waals surface area contributed by atoms with Gasteiger partial charge < -0.3 is 16.0 Å². The van der Waals surface area contributed by atoms with E-state index in [1.54, 1.807) is 10.9 Å². The first-order valence-electron chi connectivity index (χ1n) is 6.86. The molecule has 0 atom stereocenters. The molecule has 1 saturated heterocycles. The van der Waals surface area contributed by atoms with Crippen LogP contribution in [0.1, 0.15) is 26.7 Å². The number of rotatable bonds is 5. The van der Waals surface area contributed by atoms with Crippen LogP contribution in [0.5, 0.6) is 0 Å². The molecular weight excluding hydrogens is 242 g/mol. The molecule has 1 aliphatic rings. The van der Waals surface area contributed by atoms with Crippen LogP contribution in [-0.2, 0) is 11.3 Å². The fraction of sp³-hybridized carbons (Fsp3) is 0.692. The summed E-state index contributed by atoms with van der Waals surface area (Å²) < 4.78 is 1.56. The number of likely N-dealkylation sites (tertiary alicyclic amines) is 1. The lowest BCUT2D eigenvalue weighted by Crippen LogP contribution is -2.42. The highest BCUT2D eigenvalue weighted by atomic mass is 16.1. The number of carbonyl (C=O) groups is 1. The zero-order valence-corrected chi connectivity index (χ0v) is 11.7. The molecule has 0 bridgehead atoms. The summed E-state index contributed by atoms with van der Waals surface area (Å²) >= 11 is 0. The van der Waals surface area contributed by atoms with E-state index in [9.17, 15) is 4.79 Å². The Labute approximate surface area is 113 Å². The van der Waals surface area contributed by atoms with Crippen molar-refractivity contribution in [2.45, 2.75) is 45.3 Å². The van der Waals surface area contributed by atoms with Gasteiger partial charge >= 0.3 is 0 Å². The Morgan fingerprint density at radius 1 is 1.53 bits per heavy atom. The van der Waals surface area contributed by atoms with Crippen LogP contribution in [0.15, 0.2) is 12.4 Å². The fourth-order valence-corrected chi connectivity index (χ4v) is 2.48. The zero-order valence-electron chi connectivity index (χ0n) is 11.7. The lowest BCUT2D eigenvalue weighted by molar-refractivity contribution is -0.118. The molecule has 6 heteroatoms. The summed E-state index contributed by atoms with van der Waals surface area (Å²) in [6.07, 6.45) is 5.86. The van der Waals surface area contributed by atoms with E-state index in [1.165, 1.54) is 0 Å². The van der Waals surface area contributed by atoms with Crippen LogP contribution in [0.3, 0.4) is 0 Å². The van der Waals surface area contributed by atoms with E-state index in [4.69, 9.17) is 5.73 Å². The third kappa shape index (κ3) is 3.96. The number of nitrogens with one attached hydrogen (secondary N) is 1. The highest BCUT2D eigenvalue weighted by Gasteiger charge is 2.20. The third-order valence-corrected chi connectivity index (χ3v) is 3.58. The first kappa shape index (κ1) is 13.9. The van der Waals surface area contributed by atoms with Gasteiger partial charge in [0.1, 0.15) is 6.54 Å². The molecule has 1 aliphatic heterocycles. The molecule has 2 rings (SSSR count). The molecule has 1 fully saturated rings. The number of piperidine rings is 1. The summed E-state index contributed by atoms with van der Waals surface area (Å²) in [5, 5.41) is 7.58. The van der Waals surface area contributed by atoms with E-state index in [1.807, 2.05) is 6.20 Å². The summed E-state index contributed by atoms with van der Waals surface area (Å²) in [4.78, 5) is 13.3. The SMILES string of the molecule is CC(C)N1CCC(Nc2cnn(CC(N)=O)c2)CC1. The van der Waals surface area contributed by atoms with Crippen molar-refractivity contribution in [1.29, 1.82) is 0 Å². The van der Waals surface area contributed by atoms with Crippen LogP contribution in [0.2, 0.25) is 0 Å². The van der Waals surface area contributed by atoms with Gasteiger partial charge in [-0.2, -0.15) is 5.10 Å². The lowest BCUT2D eigenvalue weighted by Gasteiger charge is -2.35. The summed E-state index contributed by atoms with van der Waals surface area (Å²) in [5.41, 5.74) is 6.10. The molecule has 0 aromatic carbocycles. The Hall–Kier alpha value is -1.56. The molecular formula is C13H23N5O. The summed E-state index contributed by atoms with van der Waals surface area (Å²) in [7, 11) is 0. The Balaban J connectivity index is 1.82. The summed E-state index contributed by atoms with van der Waals surface area (Å²) in [5.74, 6) is -0.375. The normalized spacial score (nSPS) is 17.8. The number of amides is 1. The van der Waals surface area contributed by atoms with Gasteiger partial charge in [0.2, 0.25) is 5.91 Å². The molecule has 0 aliphatic carbocycles. The Kier molecular flexibility index (Phi) is 4.42. The topological polar surface area (TPSA) is 76.2 Å². The number of aromatic nitrogens is 2. The molecule has 1 aromatic rings. The monoisotopic (exact) mass is 265 g/mol. The van der Waals surface area contributed by atoms with E-state index in [0.717, 1.165) is 31.6 Å². The van der Waals surface area contributed by atoms with Crippen molar-refractivity contribution in [1.82, 2.24) is 14.7 Å². The standard InChI is InChI=1S/C13H23N5O/c1-10(2)17-5-3-11(4-6-17)16-12-7-15-18(8-12)9-13(14)19/h7-8,10-11,16H,3-6,9H2,1-2H3,(H2,14,19). The second-order valence-electron chi connectivity index (χ2n) is 5.44. The van der Waals surface area contributed by atoms with E-state index < -0.39 is 0 Å². The van der Waals surface area contributed by atoms with Gasteiger partial charge in [0.05, 0.1) is 11.9 Å². The maximum atomic E-state index is 10.8. The van der Waals surface area contributed by atoms with Gasteiger partial charge in [-0.3, -0.25) is 9.48 Å². The maximum absolute atomic E-state index is 10.8. The third-order valence-electron chi connectivity index (χ3n) is 3.58. The number of nitrogens with two attached hydrogens (primary N) is 1. The molecule has 0 unspecified atom stereocenters. The van der Waals surface area contributed by atoms with Crippen LogP contribution in [0, 0.1) is 0 Å². The molecule has 1 aromatic heterocycles. The van der Waals surface area contributed by atoms with E-state index in [2.05, 4.69) is 29.2 Å². The predicted molar refractivity (Wildman–Crippen MR) is 74.8 cm³/mol. The van der Waals surface area contributed by atoms with Crippen molar-refractivity contribution in [3.63, 3.8) is 0 Å². The van der Waals surface area contributed by atoms with E-state index in [0.29, 0.717) is 12.1 Å². The highest BCUT2D eigenvalue weighted by molar-refractivity contribution is 5.73. The quantitative estimate of drug-likeness (QED) is 0.819. The average Bonchev–Trinajstić information content (AvgIpc) is 2.76.